The molecule has 34 heavy (non-hydrogen) atoms. The number of rotatable bonds is 8. The van der Waals surface area contributed by atoms with E-state index in [1.165, 1.54) is 17.5 Å². The van der Waals surface area contributed by atoms with Crippen LogP contribution in [0.15, 0.2) is 12.1 Å². The van der Waals surface area contributed by atoms with Crippen LogP contribution in [-0.4, -0.2) is 50.3 Å². The van der Waals surface area contributed by atoms with Gasteiger partial charge < -0.3 is 19.9 Å². The van der Waals surface area contributed by atoms with Crippen LogP contribution < -0.4 is 15.2 Å². The fourth-order valence-corrected chi connectivity index (χ4v) is 6.55. The molecule has 3 unspecified atom stereocenters. The Balaban J connectivity index is 1.48. The highest BCUT2D eigenvalue weighted by atomic mass is 16.5. The summed E-state index contributed by atoms with van der Waals surface area (Å²) in [6, 6.07) is 4.64. The van der Waals surface area contributed by atoms with Crippen molar-refractivity contribution in [2.45, 2.75) is 83.2 Å². The molecular formula is C28H44N2O4. The van der Waals surface area contributed by atoms with Gasteiger partial charge in [-0.05, 0) is 73.1 Å². The highest BCUT2D eigenvalue weighted by molar-refractivity contribution is 5.71. The molecule has 0 amide bonds. The van der Waals surface area contributed by atoms with Gasteiger partial charge in [-0.3, -0.25) is 9.69 Å². The van der Waals surface area contributed by atoms with Crippen LogP contribution in [0.4, 0.5) is 0 Å². The molecule has 2 fully saturated rings. The molecule has 1 aromatic carbocycles. The Labute approximate surface area is 205 Å². The number of carbonyl (C=O) groups excluding carboxylic acids is 1. The number of methoxy groups -OCH3 is 2. The maximum Gasteiger partial charge on any atom is 0.307 e. The van der Waals surface area contributed by atoms with Gasteiger partial charge in [-0.1, -0.05) is 33.1 Å². The maximum absolute atomic E-state index is 12.8. The molecule has 1 saturated carbocycles. The highest BCUT2D eigenvalue weighted by Crippen LogP contribution is 2.45. The molecule has 3 atom stereocenters. The number of nitrogens with two attached hydrogens (primary N) is 1. The Morgan fingerprint density at radius 1 is 1.12 bits per heavy atom. The predicted molar refractivity (Wildman–Crippen MR) is 134 cm³/mol. The van der Waals surface area contributed by atoms with E-state index in [9.17, 15) is 4.79 Å². The lowest BCUT2D eigenvalue weighted by Gasteiger charge is -2.47. The largest absolute Gasteiger partial charge is 0.493 e. The van der Waals surface area contributed by atoms with E-state index in [2.05, 4.69) is 30.9 Å². The zero-order valence-corrected chi connectivity index (χ0v) is 21.6. The van der Waals surface area contributed by atoms with Crippen molar-refractivity contribution in [2.24, 2.45) is 23.5 Å². The van der Waals surface area contributed by atoms with E-state index >= 15 is 0 Å². The van der Waals surface area contributed by atoms with Crippen molar-refractivity contribution in [3.8, 4) is 11.5 Å². The van der Waals surface area contributed by atoms with E-state index in [1.807, 2.05) is 0 Å². The van der Waals surface area contributed by atoms with Crippen LogP contribution in [0.1, 0.15) is 82.4 Å². The molecular weight excluding hydrogens is 428 g/mol. The molecule has 4 rings (SSSR count). The number of benzene rings is 1. The Morgan fingerprint density at radius 3 is 2.50 bits per heavy atom. The number of esters is 1. The van der Waals surface area contributed by atoms with Gasteiger partial charge in [0.15, 0.2) is 11.5 Å². The van der Waals surface area contributed by atoms with Gasteiger partial charge in [-0.25, -0.2) is 0 Å². The smallest absolute Gasteiger partial charge is 0.307 e. The van der Waals surface area contributed by atoms with Crippen LogP contribution in [0.25, 0.3) is 0 Å². The summed E-state index contributed by atoms with van der Waals surface area (Å²) in [5.41, 5.74) is 8.84. The minimum atomic E-state index is -0.367. The Kier molecular flexibility index (Phi) is 8.08. The second kappa shape index (κ2) is 10.9. The normalized spacial score (nSPS) is 26.5. The third-order valence-corrected chi connectivity index (χ3v) is 8.35. The third kappa shape index (κ3) is 5.71. The van der Waals surface area contributed by atoms with E-state index in [4.69, 9.17) is 19.9 Å². The Bertz CT molecular complexity index is 849. The lowest BCUT2D eigenvalue weighted by molar-refractivity contribution is -0.148. The molecule has 0 aromatic heterocycles. The summed E-state index contributed by atoms with van der Waals surface area (Å²) in [4.78, 5) is 15.4. The van der Waals surface area contributed by atoms with E-state index in [0.29, 0.717) is 36.8 Å². The zero-order chi connectivity index (χ0) is 24.3. The molecule has 0 bridgehead atoms. The SMILES string of the molecule is COc1cc2c(cc1OC)C1CC(COC(=O)CC3(N)CCCCC3)C(CC(C)C)CN1CC2. The molecule has 6 heteroatoms. The molecule has 1 aliphatic carbocycles. The average molecular weight is 473 g/mol. The van der Waals surface area contributed by atoms with E-state index < -0.39 is 0 Å². The topological polar surface area (TPSA) is 74.0 Å². The van der Waals surface area contributed by atoms with Crippen molar-refractivity contribution in [3.63, 3.8) is 0 Å². The van der Waals surface area contributed by atoms with Crippen molar-refractivity contribution in [3.05, 3.63) is 23.3 Å². The second-order valence-electron chi connectivity index (χ2n) is 11.3. The molecule has 2 aliphatic heterocycles. The standard InChI is InChI=1S/C28H44N2O4/c1-19(2)12-21-17-30-11-8-20-14-25(32-3)26(33-4)15-23(20)24(30)13-22(21)18-34-27(31)16-28(29)9-6-5-7-10-28/h14-15,19,21-22,24H,5-13,16-18,29H2,1-4H3. The van der Waals surface area contributed by atoms with Crippen LogP contribution in [0.2, 0.25) is 0 Å². The first-order valence-corrected chi connectivity index (χ1v) is 13.2. The summed E-state index contributed by atoms with van der Waals surface area (Å²) in [5.74, 6) is 2.98. The lowest BCUT2D eigenvalue weighted by Crippen LogP contribution is -2.48. The second-order valence-corrected chi connectivity index (χ2v) is 11.3. The van der Waals surface area contributed by atoms with Gasteiger partial charge >= 0.3 is 5.97 Å². The van der Waals surface area contributed by atoms with Gasteiger partial charge in [0.2, 0.25) is 0 Å². The molecule has 6 nitrogen and oxygen atoms in total. The van der Waals surface area contributed by atoms with Crippen molar-refractivity contribution in [2.75, 3.05) is 33.9 Å². The molecule has 2 N–H and O–H groups in total. The quantitative estimate of drug-likeness (QED) is 0.544. The maximum atomic E-state index is 12.8. The molecule has 3 aliphatic rings. The van der Waals surface area contributed by atoms with Gasteiger partial charge in [-0.15, -0.1) is 0 Å². The zero-order valence-electron chi connectivity index (χ0n) is 21.6. The predicted octanol–water partition coefficient (Wildman–Crippen LogP) is 4.88. The van der Waals surface area contributed by atoms with E-state index in [1.54, 1.807) is 14.2 Å². The summed E-state index contributed by atoms with van der Waals surface area (Å²) in [6.45, 7) is 7.20. The summed E-state index contributed by atoms with van der Waals surface area (Å²) >= 11 is 0. The molecule has 2 heterocycles. The fraction of sp³-hybridized carbons (Fsp3) is 0.750. The van der Waals surface area contributed by atoms with Gasteiger partial charge in [-0.2, -0.15) is 0 Å². The fourth-order valence-electron chi connectivity index (χ4n) is 6.55. The van der Waals surface area contributed by atoms with Crippen LogP contribution in [-0.2, 0) is 16.0 Å². The third-order valence-electron chi connectivity index (χ3n) is 8.35. The van der Waals surface area contributed by atoms with Crippen LogP contribution in [0.3, 0.4) is 0 Å². The summed E-state index contributed by atoms with van der Waals surface area (Å²) < 4.78 is 17.1. The number of hydrogen-bond donors (Lipinski definition) is 1. The number of piperidine rings is 1. The first-order chi connectivity index (χ1) is 16.3. The van der Waals surface area contributed by atoms with Gasteiger partial charge in [0, 0.05) is 24.7 Å². The minimum Gasteiger partial charge on any atom is -0.493 e. The molecule has 1 saturated heterocycles. The van der Waals surface area contributed by atoms with E-state index in [-0.39, 0.29) is 11.5 Å². The summed E-state index contributed by atoms with van der Waals surface area (Å²) in [5, 5.41) is 0. The molecule has 1 aromatic rings. The first-order valence-electron chi connectivity index (χ1n) is 13.2. The van der Waals surface area contributed by atoms with Crippen molar-refractivity contribution in [1.29, 1.82) is 0 Å². The van der Waals surface area contributed by atoms with Crippen LogP contribution in [0.5, 0.6) is 11.5 Å². The molecule has 0 spiro atoms. The summed E-state index contributed by atoms with van der Waals surface area (Å²) in [6.07, 6.45) is 8.86. The van der Waals surface area contributed by atoms with Crippen molar-refractivity contribution < 1.29 is 19.0 Å². The first kappa shape index (κ1) is 25.3. The molecule has 0 radical (unpaired) electrons. The number of ether oxygens (including phenoxy) is 3. The minimum absolute atomic E-state index is 0.120. The number of hydrogen-bond acceptors (Lipinski definition) is 6. The Morgan fingerprint density at radius 2 is 1.82 bits per heavy atom. The van der Waals surface area contributed by atoms with Gasteiger partial charge in [0.1, 0.15) is 0 Å². The number of nitrogens with zero attached hydrogens (tertiary/aromatic N) is 1. The Hall–Kier alpha value is -1.79. The molecule has 190 valence electrons. The van der Waals surface area contributed by atoms with E-state index in [0.717, 1.165) is 69.5 Å². The van der Waals surface area contributed by atoms with Gasteiger partial charge in [0.25, 0.3) is 0 Å². The number of carbonyl (C=O) groups is 1. The average Bonchev–Trinajstić information content (AvgIpc) is 2.81. The van der Waals surface area contributed by atoms with Crippen LogP contribution in [0, 0.1) is 17.8 Å². The summed E-state index contributed by atoms with van der Waals surface area (Å²) in [7, 11) is 3.39. The van der Waals surface area contributed by atoms with Gasteiger partial charge in [0.05, 0.1) is 27.2 Å². The number of fused-ring (bicyclic) bond motifs is 3. The monoisotopic (exact) mass is 472 g/mol. The van der Waals surface area contributed by atoms with Crippen molar-refractivity contribution >= 4 is 5.97 Å². The lowest BCUT2D eigenvalue weighted by atomic mass is 9.74. The van der Waals surface area contributed by atoms with Crippen molar-refractivity contribution in [1.82, 2.24) is 4.90 Å². The highest BCUT2D eigenvalue weighted by Gasteiger charge is 2.40. The van der Waals surface area contributed by atoms with Crippen LogP contribution >= 0.6 is 0 Å².